The number of nitrogens with one attached hydrogen (secondary N) is 2. The summed E-state index contributed by atoms with van der Waals surface area (Å²) < 4.78 is 1.70. The van der Waals surface area contributed by atoms with Crippen LogP contribution in [-0.4, -0.2) is 33.1 Å². The van der Waals surface area contributed by atoms with Gasteiger partial charge in [0.2, 0.25) is 0 Å². The van der Waals surface area contributed by atoms with Crippen LogP contribution in [0.4, 0.5) is 10.5 Å². The number of nitrogens with zero attached hydrogens (tertiary/aromatic N) is 2. The lowest BCUT2D eigenvalue weighted by Gasteiger charge is -2.27. The molecule has 0 saturated heterocycles. The van der Waals surface area contributed by atoms with Gasteiger partial charge in [0.05, 0.1) is 35.9 Å². The average molecular weight is 300 g/mol. The molecule has 0 bridgehead atoms. The van der Waals surface area contributed by atoms with E-state index in [9.17, 15) is 9.90 Å². The molecule has 0 atom stereocenters. The molecule has 1 aliphatic rings. The van der Waals surface area contributed by atoms with Gasteiger partial charge in [0.1, 0.15) is 0 Å². The summed E-state index contributed by atoms with van der Waals surface area (Å²) in [6, 6.07) is 9.38. The fourth-order valence-electron chi connectivity index (χ4n) is 2.89. The van der Waals surface area contributed by atoms with Crippen molar-refractivity contribution in [2.45, 2.75) is 31.2 Å². The summed E-state index contributed by atoms with van der Waals surface area (Å²) in [6.07, 6.45) is 7.07. The Balaban J connectivity index is 1.64. The van der Waals surface area contributed by atoms with Gasteiger partial charge >= 0.3 is 6.03 Å². The smallest absolute Gasteiger partial charge is 0.319 e. The Kier molecular flexibility index (Phi) is 4.11. The molecule has 22 heavy (non-hydrogen) atoms. The minimum Gasteiger partial charge on any atom is -0.394 e. The van der Waals surface area contributed by atoms with Crippen LogP contribution in [0, 0.1) is 0 Å². The number of hydrogen-bond acceptors (Lipinski definition) is 3. The first-order valence-corrected chi connectivity index (χ1v) is 7.51. The van der Waals surface area contributed by atoms with Crippen molar-refractivity contribution in [3.8, 4) is 5.69 Å². The lowest BCUT2D eigenvalue weighted by atomic mass is 9.99. The number of aliphatic hydroxyl groups excluding tert-OH is 1. The Morgan fingerprint density at radius 1 is 1.27 bits per heavy atom. The quantitative estimate of drug-likeness (QED) is 0.810. The first-order chi connectivity index (χ1) is 10.7. The normalized spacial score (nSPS) is 16.4. The summed E-state index contributed by atoms with van der Waals surface area (Å²) in [5.41, 5.74) is 1.07. The molecule has 1 heterocycles. The zero-order valence-corrected chi connectivity index (χ0v) is 12.3. The van der Waals surface area contributed by atoms with E-state index >= 15 is 0 Å². The van der Waals surface area contributed by atoms with Crippen molar-refractivity contribution in [2.24, 2.45) is 0 Å². The Labute approximate surface area is 129 Å². The van der Waals surface area contributed by atoms with E-state index in [1.54, 1.807) is 17.1 Å². The van der Waals surface area contributed by atoms with E-state index in [1.165, 1.54) is 0 Å². The van der Waals surface area contributed by atoms with E-state index in [0.717, 1.165) is 31.4 Å². The predicted octanol–water partition coefficient (Wildman–Crippen LogP) is 2.30. The van der Waals surface area contributed by atoms with Crippen LogP contribution in [0.25, 0.3) is 5.69 Å². The first kappa shape index (κ1) is 14.6. The van der Waals surface area contributed by atoms with Gasteiger partial charge in [-0.25, -0.2) is 9.48 Å². The number of carbonyl (C=O) groups is 1. The van der Waals surface area contributed by atoms with Crippen molar-refractivity contribution >= 4 is 11.7 Å². The molecule has 2 aromatic rings. The van der Waals surface area contributed by atoms with E-state index in [0.29, 0.717) is 5.69 Å². The number of benzene rings is 1. The Bertz CT molecular complexity index is 633. The van der Waals surface area contributed by atoms with Crippen molar-refractivity contribution in [1.82, 2.24) is 15.1 Å². The Hall–Kier alpha value is -2.34. The molecule has 116 valence electrons. The van der Waals surface area contributed by atoms with Gasteiger partial charge in [-0.2, -0.15) is 5.10 Å². The summed E-state index contributed by atoms with van der Waals surface area (Å²) in [6.45, 7) is -0.0241. The molecule has 3 N–H and O–H groups in total. The second-order valence-corrected chi connectivity index (χ2v) is 5.73. The van der Waals surface area contributed by atoms with Gasteiger partial charge in [-0.05, 0) is 25.0 Å². The lowest BCUT2D eigenvalue weighted by molar-refractivity contribution is 0.167. The maximum atomic E-state index is 12.1. The van der Waals surface area contributed by atoms with Crippen LogP contribution in [0.15, 0.2) is 42.7 Å². The van der Waals surface area contributed by atoms with Crippen molar-refractivity contribution in [3.63, 3.8) is 0 Å². The molecule has 0 radical (unpaired) electrons. The number of urea groups is 1. The highest BCUT2D eigenvalue weighted by molar-refractivity contribution is 5.89. The molecular weight excluding hydrogens is 280 g/mol. The van der Waals surface area contributed by atoms with Gasteiger partial charge in [0.15, 0.2) is 0 Å². The molecule has 1 fully saturated rings. The number of amides is 2. The van der Waals surface area contributed by atoms with E-state index in [4.69, 9.17) is 0 Å². The molecule has 1 aromatic heterocycles. The van der Waals surface area contributed by atoms with Crippen molar-refractivity contribution < 1.29 is 9.90 Å². The number of rotatable bonds is 4. The second kappa shape index (κ2) is 6.19. The second-order valence-electron chi connectivity index (χ2n) is 5.73. The molecule has 0 aliphatic heterocycles. The number of hydrogen-bond donors (Lipinski definition) is 3. The lowest BCUT2D eigenvalue weighted by Crippen LogP contribution is -2.50. The SMILES string of the molecule is O=C(Nc1cnn(-c2ccccc2)c1)NC1(CO)CCCC1. The van der Waals surface area contributed by atoms with Crippen molar-refractivity contribution in [2.75, 3.05) is 11.9 Å². The van der Waals surface area contributed by atoms with Gasteiger partial charge in [0, 0.05) is 0 Å². The zero-order chi connectivity index (χ0) is 15.4. The monoisotopic (exact) mass is 300 g/mol. The van der Waals surface area contributed by atoms with E-state index in [1.807, 2.05) is 30.3 Å². The number of aliphatic hydroxyl groups is 1. The molecule has 3 rings (SSSR count). The molecule has 1 saturated carbocycles. The van der Waals surface area contributed by atoms with Gasteiger partial charge in [-0.1, -0.05) is 31.0 Å². The molecule has 6 nitrogen and oxygen atoms in total. The maximum absolute atomic E-state index is 12.1. The summed E-state index contributed by atoms with van der Waals surface area (Å²) in [5, 5.41) is 19.4. The summed E-state index contributed by atoms with van der Waals surface area (Å²) in [7, 11) is 0. The van der Waals surface area contributed by atoms with E-state index < -0.39 is 5.54 Å². The van der Waals surface area contributed by atoms with Crippen molar-refractivity contribution in [1.29, 1.82) is 0 Å². The summed E-state index contributed by atoms with van der Waals surface area (Å²) in [4.78, 5) is 12.1. The highest BCUT2D eigenvalue weighted by Crippen LogP contribution is 2.29. The third-order valence-electron chi connectivity index (χ3n) is 4.10. The Morgan fingerprint density at radius 3 is 2.68 bits per heavy atom. The molecule has 0 spiro atoms. The number of anilines is 1. The van der Waals surface area contributed by atoms with E-state index in [2.05, 4.69) is 15.7 Å². The number of carbonyl (C=O) groups excluding carboxylic acids is 1. The molecular formula is C16H20N4O2. The Morgan fingerprint density at radius 2 is 2.00 bits per heavy atom. The van der Waals surface area contributed by atoms with Crippen LogP contribution >= 0.6 is 0 Å². The molecule has 2 amide bonds. The van der Waals surface area contributed by atoms with Gasteiger partial charge in [0.25, 0.3) is 0 Å². The van der Waals surface area contributed by atoms with Gasteiger partial charge in [-0.3, -0.25) is 0 Å². The van der Waals surface area contributed by atoms with Crippen LogP contribution in [-0.2, 0) is 0 Å². The molecule has 6 heteroatoms. The highest BCUT2D eigenvalue weighted by atomic mass is 16.3. The van der Waals surface area contributed by atoms with Gasteiger partial charge in [-0.15, -0.1) is 0 Å². The minimum absolute atomic E-state index is 0.0241. The number of para-hydroxylation sites is 1. The third kappa shape index (κ3) is 3.12. The van der Waals surface area contributed by atoms with Crippen LogP contribution in [0.2, 0.25) is 0 Å². The summed E-state index contributed by atoms with van der Waals surface area (Å²) >= 11 is 0. The average Bonchev–Trinajstić information content (AvgIpc) is 3.18. The third-order valence-corrected chi connectivity index (χ3v) is 4.10. The zero-order valence-electron chi connectivity index (χ0n) is 12.3. The van der Waals surface area contributed by atoms with Crippen molar-refractivity contribution in [3.05, 3.63) is 42.7 Å². The minimum atomic E-state index is -0.473. The van der Waals surface area contributed by atoms with Crippen LogP contribution in [0.1, 0.15) is 25.7 Å². The van der Waals surface area contributed by atoms with Gasteiger partial charge < -0.3 is 15.7 Å². The topological polar surface area (TPSA) is 79.2 Å². The van der Waals surface area contributed by atoms with Crippen LogP contribution in [0.5, 0.6) is 0 Å². The standard InChI is InChI=1S/C16H20N4O2/c21-12-16(8-4-5-9-16)19-15(22)18-13-10-17-20(11-13)14-6-2-1-3-7-14/h1-3,6-7,10-11,21H,4-5,8-9,12H2,(H2,18,19,22). The van der Waals surface area contributed by atoms with Crippen LogP contribution in [0.3, 0.4) is 0 Å². The number of aromatic nitrogens is 2. The fraction of sp³-hybridized carbons (Fsp3) is 0.375. The maximum Gasteiger partial charge on any atom is 0.319 e. The molecule has 0 unspecified atom stereocenters. The van der Waals surface area contributed by atoms with E-state index in [-0.39, 0.29) is 12.6 Å². The summed E-state index contributed by atoms with van der Waals surface area (Å²) in [5.74, 6) is 0. The van der Waals surface area contributed by atoms with Crippen LogP contribution < -0.4 is 10.6 Å². The highest BCUT2D eigenvalue weighted by Gasteiger charge is 2.34. The molecule has 1 aliphatic carbocycles. The first-order valence-electron chi connectivity index (χ1n) is 7.51. The largest absolute Gasteiger partial charge is 0.394 e. The predicted molar refractivity (Wildman–Crippen MR) is 84.0 cm³/mol. The molecule has 1 aromatic carbocycles. The fourth-order valence-corrected chi connectivity index (χ4v) is 2.89.